The van der Waals surface area contributed by atoms with Crippen LogP contribution in [-0.4, -0.2) is 37.6 Å². The molecule has 0 spiro atoms. The van der Waals surface area contributed by atoms with Crippen LogP contribution in [0.15, 0.2) is 5.51 Å². The number of sulfone groups is 1. The highest BCUT2D eigenvalue weighted by molar-refractivity contribution is 7.91. The molecule has 1 aromatic heterocycles. The fourth-order valence-electron chi connectivity index (χ4n) is 1.96. The molecule has 4 nitrogen and oxygen atoms in total. The highest BCUT2D eigenvalue weighted by Crippen LogP contribution is 2.17. The maximum atomic E-state index is 11.9. The Morgan fingerprint density at radius 2 is 2.41 bits per heavy atom. The Bertz CT molecular complexity index is 461. The van der Waals surface area contributed by atoms with E-state index in [9.17, 15) is 8.42 Å². The molecule has 0 saturated carbocycles. The van der Waals surface area contributed by atoms with Crippen molar-refractivity contribution in [3.05, 3.63) is 16.1 Å². The largest absolute Gasteiger partial charge is 0.377 e. The van der Waals surface area contributed by atoms with Crippen LogP contribution in [-0.2, 0) is 21.0 Å². The molecule has 2 rings (SSSR count). The predicted molar refractivity (Wildman–Crippen MR) is 68.2 cm³/mol. The van der Waals surface area contributed by atoms with Gasteiger partial charge in [0.1, 0.15) is 0 Å². The Morgan fingerprint density at radius 1 is 1.59 bits per heavy atom. The lowest BCUT2D eigenvalue weighted by Crippen LogP contribution is -2.23. The average molecular weight is 275 g/mol. The summed E-state index contributed by atoms with van der Waals surface area (Å²) in [4.78, 5) is 5.19. The van der Waals surface area contributed by atoms with E-state index in [0.29, 0.717) is 13.0 Å². The summed E-state index contributed by atoms with van der Waals surface area (Å²) in [6, 6.07) is 0. The molecule has 1 aromatic rings. The lowest BCUT2D eigenvalue weighted by Gasteiger charge is -2.09. The summed E-state index contributed by atoms with van der Waals surface area (Å²) in [7, 11) is -3.00. The second kappa shape index (κ2) is 5.46. The quantitative estimate of drug-likeness (QED) is 0.819. The summed E-state index contributed by atoms with van der Waals surface area (Å²) in [6.07, 6.45) is 2.35. The standard InChI is InChI=1S/C11H17NO3S2/c1-9-11(16-8-12-9)4-6-17(13,14)7-10-3-2-5-15-10/h8,10H,2-7H2,1H3. The summed E-state index contributed by atoms with van der Waals surface area (Å²) in [6.45, 7) is 2.62. The zero-order valence-electron chi connectivity index (χ0n) is 9.89. The van der Waals surface area contributed by atoms with Gasteiger partial charge in [-0.1, -0.05) is 0 Å². The van der Waals surface area contributed by atoms with Gasteiger partial charge in [-0.25, -0.2) is 13.4 Å². The summed E-state index contributed by atoms with van der Waals surface area (Å²) in [5, 5.41) is 0. The van der Waals surface area contributed by atoms with Crippen molar-refractivity contribution < 1.29 is 13.2 Å². The van der Waals surface area contributed by atoms with E-state index < -0.39 is 9.84 Å². The molecule has 0 aromatic carbocycles. The summed E-state index contributed by atoms with van der Waals surface area (Å²) in [5.41, 5.74) is 2.71. The number of thiazole rings is 1. The summed E-state index contributed by atoms with van der Waals surface area (Å²) in [5.74, 6) is 0.376. The highest BCUT2D eigenvalue weighted by atomic mass is 32.2. The third kappa shape index (κ3) is 3.76. The molecule has 1 atom stereocenters. The molecule has 17 heavy (non-hydrogen) atoms. The van der Waals surface area contributed by atoms with Gasteiger partial charge in [0, 0.05) is 11.5 Å². The van der Waals surface area contributed by atoms with Crippen molar-refractivity contribution in [2.75, 3.05) is 18.1 Å². The summed E-state index contributed by atoms with van der Waals surface area (Å²) >= 11 is 1.53. The SMILES string of the molecule is Cc1ncsc1CCS(=O)(=O)CC1CCCO1. The van der Waals surface area contributed by atoms with E-state index in [0.717, 1.165) is 23.4 Å². The van der Waals surface area contributed by atoms with Crippen molar-refractivity contribution in [1.29, 1.82) is 0 Å². The van der Waals surface area contributed by atoms with Gasteiger partial charge < -0.3 is 4.74 Å². The molecule has 0 amide bonds. The van der Waals surface area contributed by atoms with Gasteiger partial charge in [-0.15, -0.1) is 11.3 Å². The van der Waals surface area contributed by atoms with Gasteiger partial charge in [0.25, 0.3) is 0 Å². The van der Waals surface area contributed by atoms with E-state index >= 15 is 0 Å². The van der Waals surface area contributed by atoms with Gasteiger partial charge in [-0.3, -0.25) is 0 Å². The van der Waals surface area contributed by atoms with E-state index in [-0.39, 0.29) is 17.6 Å². The number of rotatable bonds is 5. The van der Waals surface area contributed by atoms with Gasteiger partial charge in [0.05, 0.1) is 28.8 Å². The van der Waals surface area contributed by atoms with E-state index in [1.165, 1.54) is 11.3 Å². The molecule has 1 aliphatic heterocycles. The van der Waals surface area contributed by atoms with E-state index in [4.69, 9.17) is 4.74 Å². The second-order valence-corrected chi connectivity index (χ2v) is 7.53. The smallest absolute Gasteiger partial charge is 0.153 e. The van der Waals surface area contributed by atoms with Crippen molar-refractivity contribution in [2.45, 2.75) is 32.3 Å². The Balaban J connectivity index is 1.87. The summed E-state index contributed by atoms with van der Waals surface area (Å²) < 4.78 is 29.2. The van der Waals surface area contributed by atoms with Gasteiger partial charge in [-0.2, -0.15) is 0 Å². The topological polar surface area (TPSA) is 56.3 Å². The number of hydrogen-bond acceptors (Lipinski definition) is 5. The number of aromatic nitrogens is 1. The molecule has 6 heteroatoms. The van der Waals surface area contributed by atoms with E-state index in [1.54, 1.807) is 5.51 Å². The first-order valence-corrected chi connectivity index (χ1v) is 8.48. The Kier molecular flexibility index (Phi) is 4.17. The fraction of sp³-hybridized carbons (Fsp3) is 0.727. The molecule has 0 N–H and O–H groups in total. The Hall–Kier alpha value is -0.460. The number of nitrogens with zero attached hydrogens (tertiary/aromatic N) is 1. The zero-order chi connectivity index (χ0) is 12.3. The zero-order valence-corrected chi connectivity index (χ0v) is 11.5. The van der Waals surface area contributed by atoms with Crippen molar-refractivity contribution in [2.24, 2.45) is 0 Å². The Morgan fingerprint density at radius 3 is 3.00 bits per heavy atom. The first-order chi connectivity index (χ1) is 8.07. The molecular formula is C11H17NO3S2. The van der Waals surface area contributed by atoms with Gasteiger partial charge in [0.2, 0.25) is 0 Å². The third-order valence-electron chi connectivity index (χ3n) is 2.95. The predicted octanol–water partition coefficient (Wildman–Crippen LogP) is 1.59. The maximum absolute atomic E-state index is 11.9. The first kappa shape index (κ1) is 13.0. The number of aryl methyl sites for hydroxylation is 2. The molecule has 1 aliphatic rings. The van der Waals surface area contributed by atoms with E-state index in [2.05, 4.69) is 4.98 Å². The normalized spacial score (nSPS) is 20.9. The van der Waals surface area contributed by atoms with Crippen LogP contribution in [0.2, 0.25) is 0 Å². The van der Waals surface area contributed by atoms with Gasteiger partial charge >= 0.3 is 0 Å². The van der Waals surface area contributed by atoms with Crippen molar-refractivity contribution >= 4 is 21.2 Å². The van der Waals surface area contributed by atoms with Crippen LogP contribution in [0.5, 0.6) is 0 Å². The number of ether oxygens (including phenoxy) is 1. The van der Waals surface area contributed by atoms with Crippen LogP contribution >= 0.6 is 11.3 Å². The molecule has 1 unspecified atom stereocenters. The average Bonchev–Trinajstić information content (AvgIpc) is 2.87. The molecular weight excluding hydrogens is 258 g/mol. The Labute approximate surface area is 106 Å². The van der Waals surface area contributed by atoms with Crippen LogP contribution in [0.3, 0.4) is 0 Å². The molecule has 0 aliphatic carbocycles. The van der Waals surface area contributed by atoms with Crippen LogP contribution < -0.4 is 0 Å². The van der Waals surface area contributed by atoms with Gasteiger partial charge in [0.15, 0.2) is 9.84 Å². The lowest BCUT2D eigenvalue weighted by molar-refractivity contribution is 0.127. The molecule has 0 radical (unpaired) electrons. The van der Waals surface area contributed by atoms with Crippen molar-refractivity contribution in [1.82, 2.24) is 4.98 Å². The van der Waals surface area contributed by atoms with Crippen molar-refractivity contribution in [3.8, 4) is 0 Å². The van der Waals surface area contributed by atoms with Gasteiger partial charge in [-0.05, 0) is 26.2 Å². The van der Waals surface area contributed by atoms with E-state index in [1.807, 2.05) is 6.92 Å². The number of hydrogen-bond donors (Lipinski definition) is 0. The minimum absolute atomic E-state index is 0.0810. The van der Waals surface area contributed by atoms with Crippen molar-refractivity contribution in [3.63, 3.8) is 0 Å². The molecule has 0 bridgehead atoms. The first-order valence-electron chi connectivity index (χ1n) is 5.78. The molecule has 1 fully saturated rings. The van der Waals surface area contributed by atoms with Crippen LogP contribution in [0, 0.1) is 6.92 Å². The molecule has 96 valence electrons. The second-order valence-electron chi connectivity index (χ2n) is 4.36. The maximum Gasteiger partial charge on any atom is 0.153 e. The highest BCUT2D eigenvalue weighted by Gasteiger charge is 2.23. The minimum Gasteiger partial charge on any atom is -0.377 e. The molecule has 2 heterocycles. The fourth-order valence-corrected chi connectivity index (χ4v) is 4.38. The lowest BCUT2D eigenvalue weighted by atomic mass is 10.3. The third-order valence-corrected chi connectivity index (χ3v) is 5.65. The monoisotopic (exact) mass is 275 g/mol. The minimum atomic E-state index is -3.00. The van der Waals surface area contributed by atoms with Crippen LogP contribution in [0.25, 0.3) is 0 Å². The molecule has 1 saturated heterocycles. The van der Waals surface area contributed by atoms with Crippen LogP contribution in [0.1, 0.15) is 23.4 Å². The van der Waals surface area contributed by atoms with Crippen LogP contribution in [0.4, 0.5) is 0 Å².